The van der Waals surface area contributed by atoms with Gasteiger partial charge in [-0.15, -0.1) is 0 Å². The third-order valence-electron chi connectivity index (χ3n) is 1.80. The van der Waals surface area contributed by atoms with Crippen molar-refractivity contribution >= 4 is 6.29 Å². The highest BCUT2D eigenvalue weighted by atomic mass is 19.1. The molecule has 78 valence electrons. The van der Waals surface area contributed by atoms with Gasteiger partial charge in [0.05, 0.1) is 0 Å². The zero-order chi connectivity index (χ0) is 11.1. The number of aldehydes is 1. The Bertz CT molecular complexity index is 295. The third-order valence-corrected chi connectivity index (χ3v) is 1.80. The maximum absolute atomic E-state index is 12.7. The van der Waals surface area contributed by atoms with E-state index in [9.17, 15) is 9.18 Å². The van der Waals surface area contributed by atoms with E-state index in [1.807, 2.05) is 13.8 Å². The van der Waals surface area contributed by atoms with E-state index >= 15 is 0 Å². The fourth-order valence-corrected chi connectivity index (χ4v) is 1.15. The lowest BCUT2D eigenvalue weighted by Crippen LogP contribution is -1.95. The minimum Gasteiger partial charge on any atom is -0.400 e. The summed E-state index contributed by atoms with van der Waals surface area (Å²) in [5.41, 5.74) is 1.34. The summed E-state index contributed by atoms with van der Waals surface area (Å²) in [4.78, 5) is 10.5. The maximum Gasteiger partial charge on any atom is 0.150 e. The lowest BCUT2D eigenvalue weighted by molar-refractivity contribution is 0.112. The van der Waals surface area contributed by atoms with E-state index in [-0.39, 0.29) is 11.7 Å². The molecular weight excluding hydrogens is 183 g/mol. The zero-order valence-electron chi connectivity index (χ0n) is 8.62. The van der Waals surface area contributed by atoms with E-state index in [2.05, 4.69) is 0 Å². The van der Waals surface area contributed by atoms with Gasteiger partial charge in [-0.05, 0) is 29.7 Å². The van der Waals surface area contributed by atoms with Crippen LogP contribution in [0.1, 0.15) is 35.7 Å². The largest absolute Gasteiger partial charge is 0.400 e. The Balaban J connectivity index is 0.000000791. The summed E-state index contributed by atoms with van der Waals surface area (Å²) in [5.74, 6) is -0.106. The molecule has 1 N–H and O–H groups in total. The minimum absolute atomic E-state index is 0.181. The van der Waals surface area contributed by atoms with Crippen LogP contribution in [0.2, 0.25) is 0 Å². The average molecular weight is 198 g/mol. The summed E-state index contributed by atoms with van der Waals surface area (Å²) in [5, 5.41) is 7.00. The number of aliphatic hydroxyl groups excluding tert-OH is 1. The smallest absolute Gasteiger partial charge is 0.150 e. The number of carbonyl (C=O) groups excluding carboxylic acids is 1. The van der Waals surface area contributed by atoms with Crippen molar-refractivity contribution in [2.45, 2.75) is 19.8 Å². The van der Waals surface area contributed by atoms with Crippen LogP contribution in [0.4, 0.5) is 4.39 Å². The van der Waals surface area contributed by atoms with Crippen molar-refractivity contribution in [2.75, 3.05) is 7.11 Å². The van der Waals surface area contributed by atoms with Crippen LogP contribution >= 0.6 is 0 Å². The van der Waals surface area contributed by atoms with Crippen LogP contribution in [-0.2, 0) is 0 Å². The highest BCUT2D eigenvalue weighted by Crippen LogP contribution is 2.18. The molecule has 0 aliphatic rings. The first kappa shape index (κ1) is 12.8. The minimum atomic E-state index is -0.288. The molecule has 0 amide bonds. The first-order valence-electron chi connectivity index (χ1n) is 4.34. The number of hydrogen-bond acceptors (Lipinski definition) is 2. The first-order valence-corrected chi connectivity index (χ1v) is 4.34. The summed E-state index contributed by atoms with van der Waals surface area (Å²) in [6.45, 7) is 3.86. The van der Waals surface area contributed by atoms with Gasteiger partial charge in [-0.2, -0.15) is 0 Å². The van der Waals surface area contributed by atoms with Crippen molar-refractivity contribution in [3.05, 3.63) is 35.1 Å². The molecule has 0 fully saturated rings. The van der Waals surface area contributed by atoms with E-state index in [0.29, 0.717) is 5.56 Å². The van der Waals surface area contributed by atoms with Crippen LogP contribution in [0.15, 0.2) is 18.2 Å². The molecule has 0 spiro atoms. The molecule has 14 heavy (non-hydrogen) atoms. The third kappa shape index (κ3) is 3.26. The van der Waals surface area contributed by atoms with Gasteiger partial charge < -0.3 is 5.11 Å². The molecule has 0 atom stereocenters. The Labute approximate surface area is 83.4 Å². The number of rotatable bonds is 2. The van der Waals surface area contributed by atoms with Gasteiger partial charge in [0.1, 0.15) is 12.1 Å². The fraction of sp³-hybridized carbons (Fsp3) is 0.364. The molecule has 0 saturated carbocycles. The van der Waals surface area contributed by atoms with E-state index in [4.69, 9.17) is 5.11 Å². The normalized spacial score (nSPS) is 9.29. The number of benzene rings is 1. The summed E-state index contributed by atoms with van der Waals surface area (Å²) >= 11 is 0. The molecule has 1 rings (SSSR count). The standard InChI is InChI=1S/C10H11FO.CH4O/c1-7(2)10-5-9(11)4-3-8(10)6-12;1-2/h3-7H,1-2H3;2H,1H3. The van der Waals surface area contributed by atoms with Gasteiger partial charge in [-0.1, -0.05) is 13.8 Å². The van der Waals surface area contributed by atoms with Crippen molar-refractivity contribution in [2.24, 2.45) is 0 Å². The van der Waals surface area contributed by atoms with Gasteiger partial charge in [0.25, 0.3) is 0 Å². The molecule has 0 aliphatic carbocycles. The average Bonchev–Trinajstić information content (AvgIpc) is 2.20. The molecule has 0 unspecified atom stereocenters. The second-order valence-corrected chi connectivity index (χ2v) is 3.05. The highest BCUT2D eigenvalue weighted by Gasteiger charge is 2.06. The quantitative estimate of drug-likeness (QED) is 0.741. The van der Waals surface area contributed by atoms with Crippen LogP contribution in [0, 0.1) is 5.82 Å². The Morgan fingerprint density at radius 3 is 2.36 bits per heavy atom. The van der Waals surface area contributed by atoms with Gasteiger partial charge in [-0.3, -0.25) is 4.79 Å². The van der Waals surface area contributed by atoms with Crippen molar-refractivity contribution in [1.29, 1.82) is 0 Å². The second kappa shape index (κ2) is 6.27. The highest BCUT2D eigenvalue weighted by molar-refractivity contribution is 5.77. The Hall–Kier alpha value is -1.22. The van der Waals surface area contributed by atoms with Gasteiger partial charge in [0.2, 0.25) is 0 Å². The Morgan fingerprint density at radius 2 is 1.93 bits per heavy atom. The molecule has 1 aromatic carbocycles. The number of aliphatic hydroxyl groups is 1. The lowest BCUT2D eigenvalue weighted by atomic mass is 9.98. The SMILES string of the molecule is CC(C)c1cc(F)ccc1C=O.CO. The number of halogens is 1. The van der Waals surface area contributed by atoms with Gasteiger partial charge in [0.15, 0.2) is 0 Å². The number of carbonyl (C=O) groups is 1. The summed E-state index contributed by atoms with van der Waals surface area (Å²) in [6, 6.07) is 4.22. The van der Waals surface area contributed by atoms with Gasteiger partial charge in [0, 0.05) is 12.7 Å². The molecular formula is C11H15FO2. The van der Waals surface area contributed by atoms with E-state index in [1.54, 1.807) is 0 Å². The summed E-state index contributed by atoms with van der Waals surface area (Å²) in [6.07, 6.45) is 0.759. The monoisotopic (exact) mass is 198 g/mol. The van der Waals surface area contributed by atoms with Crippen LogP contribution in [0.3, 0.4) is 0 Å². The Morgan fingerprint density at radius 1 is 1.36 bits per heavy atom. The predicted molar refractivity (Wildman–Crippen MR) is 54.0 cm³/mol. The Kier molecular flexibility index (Phi) is 5.72. The lowest BCUT2D eigenvalue weighted by Gasteiger charge is -2.07. The first-order chi connectivity index (χ1) is 6.65. The van der Waals surface area contributed by atoms with Crippen molar-refractivity contribution in [3.8, 4) is 0 Å². The maximum atomic E-state index is 12.7. The van der Waals surface area contributed by atoms with Gasteiger partial charge in [-0.25, -0.2) is 4.39 Å². The molecule has 0 saturated heterocycles. The molecule has 0 radical (unpaired) electrons. The second-order valence-electron chi connectivity index (χ2n) is 3.05. The van der Waals surface area contributed by atoms with Gasteiger partial charge >= 0.3 is 0 Å². The molecule has 0 bridgehead atoms. The van der Waals surface area contributed by atoms with Crippen LogP contribution < -0.4 is 0 Å². The van der Waals surface area contributed by atoms with Crippen LogP contribution in [0.25, 0.3) is 0 Å². The molecule has 2 nitrogen and oxygen atoms in total. The molecule has 1 aromatic rings. The molecule has 0 aromatic heterocycles. The van der Waals surface area contributed by atoms with Crippen molar-refractivity contribution < 1.29 is 14.3 Å². The molecule has 0 heterocycles. The molecule has 0 aliphatic heterocycles. The van der Waals surface area contributed by atoms with E-state index in [0.717, 1.165) is 19.0 Å². The fourth-order valence-electron chi connectivity index (χ4n) is 1.15. The van der Waals surface area contributed by atoms with E-state index < -0.39 is 0 Å². The van der Waals surface area contributed by atoms with Crippen LogP contribution in [-0.4, -0.2) is 18.5 Å². The summed E-state index contributed by atoms with van der Waals surface area (Å²) in [7, 11) is 1.00. The predicted octanol–water partition coefficient (Wildman–Crippen LogP) is 2.37. The zero-order valence-corrected chi connectivity index (χ0v) is 8.62. The topological polar surface area (TPSA) is 37.3 Å². The summed E-state index contributed by atoms with van der Waals surface area (Å²) < 4.78 is 12.7. The number of hydrogen-bond donors (Lipinski definition) is 1. The van der Waals surface area contributed by atoms with E-state index in [1.165, 1.54) is 18.2 Å². The molecule has 3 heteroatoms. The van der Waals surface area contributed by atoms with Crippen molar-refractivity contribution in [3.63, 3.8) is 0 Å². The van der Waals surface area contributed by atoms with Crippen molar-refractivity contribution in [1.82, 2.24) is 0 Å². The van der Waals surface area contributed by atoms with Crippen LogP contribution in [0.5, 0.6) is 0 Å².